The van der Waals surface area contributed by atoms with Crippen molar-refractivity contribution in [1.29, 1.82) is 0 Å². The predicted octanol–water partition coefficient (Wildman–Crippen LogP) is 1.27. The van der Waals surface area contributed by atoms with Gasteiger partial charge in [0.25, 0.3) is 5.56 Å². The van der Waals surface area contributed by atoms with Crippen LogP contribution in [0, 0.1) is 0 Å². The van der Waals surface area contributed by atoms with Gasteiger partial charge in [-0.1, -0.05) is 6.58 Å². The molecule has 0 fully saturated rings. The number of aromatic amines is 2. The third-order valence-electron chi connectivity index (χ3n) is 2.57. The molecule has 0 aliphatic carbocycles. The number of fused-ring (bicyclic) bond motifs is 1. The highest BCUT2D eigenvalue weighted by Gasteiger charge is 2.11. The van der Waals surface area contributed by atoms with Crippen LogP contribution in [0.2, 0.25) is 0 Å². The van der Waals surface area contributed by atoms with E-state index in [-0.39, 0.29) is 5.56 Å². The summed E-state index contributed by atoms with van der Waals surface area (Å²) in [4.78, 5) is 22.7. The van der Waals surface area contributed by atoms with Crippen LogP contribution in [-0.4, -0.2) is 15.0 Å². The first kappa shape index (κ1) is 11.4. The van der Waals surface area contributed by atoms with Crippen LogP contribution in [0.3, 0.4) is 0 Å². The molecule has 6 heteroatoms. The lowest BCUT2D eigenvalue weighted by atomic mass is 10.2. The fraction of sp³-hybridized carbons (Fsp3) is 0. The summed E-state index contributed by atoms with van der Waals surface area (Å²) in [6.07, 6.45) is 3.60. The minimum absolute atomic E-state index is 0.142. The second-order valence-corrected chi connectivity index (χ2v) is 5.56. The van der Waals surface area contributed by atoms with Crippen molar-refractivity contribution in [2.75, 3.05) is 0 Å². The van der Waals surface area contributed by atoms with Crippen molar-refractivity contribution in [3.8, 4) is 11.4 Å². The van der Waals surface area contributed by atoms with Crippen LogP contribution in [0.4, 0.5) is 0 Å². The van der Waals surface area contributed by atoms with Crippen LogP contribution < -0.4 is 16.3 Å². The van der Waals surface area contributed by atoms with Crippen LogP contribution in [0.1, 0.15) is 4.88 Å². The van der Waals surface area contributed by atoms with E-state index in [4.69, 9.17) is 0 Å². The molecule has 0 unspecified atom stereocenters. The van der Waals surface area contributed by atoms with Gasteiger partial charge < -0.3 is 9.97 Å². The Kier molecular flexibility index (Phi) is 2.68. The van der Waals surface area contributed by atoms with Crippen molar-refractivity contribution in [3.63, 3.8) is 0 Å². The quantitative estimate of drug-likeness (QED) is 0.709. The highest BCUT2D eigenvalue weighted by atomic mass is 79.9. The monoisotopic (exact) mass is 321 g/mol. The average Bonchev–Trinajstić information content (AvgIpc) is 2.85. The molecular weight excluding hydrogens is 314 g/mol. The molecule has 0 radical (unpaired) electrons. The highest BCUT2D eigenvalue weighted by Crippen LogP contribution is 2.23. The number of nitrogens with zero attached hydrogens (tertiary/aromatic N) is 1. The topological polar surface area (TPSA) is 61.5 Å². The summed E-state index contributed by atoms with van der Waals surface area (Å²) in [6, 6.07) is 1.95. The van der Waals surface area contributed by atoms with Crippen LogP contribution in [0.5, 0.6) is 0 Å². The van der Waals surface area contributed by atoms with Crippen molar-refractivity contribution in [2.24, 2.45) is 0 Å². The lowest BCUT2D eigenvalue weighted by molar-refractivity contribution is 1.07. The number of halogens is 1. The number of aromatic nitrogens is 3. The van der Waals surface area contributed by atoms with Crippen molar-refractivity contribution in [1.82, 2.24) is 15.0 Å². The second kappa shape index (κ2) is 4.22. The van der Waals surface area contributed by atoms with Gasteiger partial charge in [-0.3, -0.25) is 4.79 Å². The largest absolute Gasteiger partial charge is 0.346 e. The van der Waals surface area contributed by atoms with Crippen molar-refractivity contribution in [2.45, 2.75) is 0 Å². The Morgan fingerprint density at radius 1 is 1.50 bits per heavy atom. The molecule has 0 amide bonds. The summed E-state index contributed by atoms with van der Waals surface area (Å²) >= 11 is 5.02. The number of thiophene rings is 1. The number of hydrogen-bond acceptors (Lipinski definition) is 3. The van der Waals surface area contributed by atoms with E-state index in [0.29, 0.717) is 16.5 Å². The summed E-state index contributed by atoms with van der Waals surface area (Å²) in [5.41, 5.74) is 1.15. The maximum Gasteiger partial charge on any atom is 0.257 e. The number of nitrogens with one attached hydrogen (secondary N) is 2. The SMILES string of the molecule is C=c1nc2[nH]c(=O)c(=Cc3sccc3Br)c-2c[nH]1. The molecule has 0 atom stereocenters. The number of rotatable bonds is 1. The lowest BCUT2D eigenvalue weighted by Gasteiger charge is -1.95. The van der Waals surface area contributed by atoms with Gasteiger partial charge in [-0.15, -0.1) is 11.3 Å². The van der Waals surface area contributed by atoms with E-state index in [2.05, 4.69) is 37.5 Å². The molecule has 3 heterocycles. The molecule has 0 spiro atoms. The van der Waals surface area contributed by atoms with E-state index in [1.54, 1.807) is 17.5 Å². The summed E-state index contributed by atoms with van der Waals surface area (Å²) in [7, 11) is 0. The molecule has 2 N–H and O–H groups in total. The molecule has 18 heavy (non-hydrogen) atoms. The fourth-order valence-electron chi connectivity index (χ4n) is 1.73. The summed E-state index contributed by atoms with van der Waals surface area (Å²) in [5, 5.41) is 2.57. The molecule has 0 aromatic carbocycles. The minimum Gasteiger partial charge on any atom is -0.346 e. The molecule has 0 saturated heterocycles. The van der Waals surface area contributed by atoms with E-state index in [9.17, 15) is 4.79 Å². The fourth-order valence-corrected chi connectivity index (χ4v) is 3.15. The van der Waals surface area contributed by atoms with Gasteiger partial charge in [0, 0.05) is 21.1 Å². The molecular formula is C12H8BrN3OS. The van der Waals surface area contributed by atoms with Gasteiger partial charge in [0.15, 0.2) is 0 Å². The molecule has 4 nitrogen and oxygen atoms in total. The Labute approximate surface area is 114 Å². The Balaban J connectivity index is 2.34. The normalized spacial score (nSPS) is 12.4. The zero-order chi connectivity index (χ0) is 12.7. The van der Waals surface area contributed by atoms with E-state index in [1.165, 1.54) is 0 Å². The Morgan fingerprint density at radius 2 is 2.33 bits per heavy atom. The van der Waals surface area contributed by atoms with Crippen molar-refractivity contribution in [3.05, 3.63) is 48.0 Å². The first-order valence-corrected chi connectivity index (χ1v) is 6.83. The van der Waals surface area contributed by atoms with E-state index < -0.39 is 0 Å². The third-order valence-corrected chi connectivity index (χ3v) is 4.39. The molecule has 1 aromatic rings. The number of hydrogen-bond donors (Lipinski definition) is 2. The molecule has 2 aliphatic heterocycles. The standard InChI is InChI=1S/C12H8BrN3OS/c1-6-14-5-8-7(12(17)16-11(8)15-6)4-10-9(13)2-3-18-10/h2-5,14H,1H2,(H,15,16,17). The Hall–Kier alpha value is -1.66. The van der Waals surface area contributed by atoms with Gasteiger partial charge in [-0.25, -0.2) is 4.98 Å². The zero-order valence-corrected chi connectivity index (χ0v) is 11.6. The van der Waals surface area contributed by atoms with Gasteiger partial charge in [-0.2, -0.15) is 0 Å². The third kappa shape index (κ3) is 1.83. The Morgan fingerprint density at radius 3 is 3.06 bits per heavy atom. The number of H-pyrrole nitrogens is 2. The molecule has 1 aromatic heterocycles. The van der Waals surface area contributed by atoms with Gasteiger partial charge in [0.2, 0.25) is 0 Å². The van der Waals surface area contributed by atoms with E-state index in [0.717, 1.165) is 14.9 Å². The van der Waals surface area contributed by atoms with Gasteiger partial charge >= 0.3 is 0 Å². The first-order chi connectivity index (χ1) is 8.65. The molecule has 0 saturated carbocycles. The van der Waals surface area contributed by atoms with Crippen LogP contribution >= 0.6 is 27.3 Å². The minimum atomic E-state index is -0.142. The predicted molar refractivity (Wildman–Crippen MR) is 76.2 cm³/mol. The lowest BCUT2D eigenvalue weighted by Crippen LogP contribution is -2.21. The molecule has 90 valence electrons. The second-order valence-electron chi connectivity index (χ2n) is 3.75. The van der Waals surface area contributed by atoms with Crippen LogP contribution in [0.25, 0.3) is 24.0 Å². The van der Waals surface area contributed by atoms with Crippen molar-refractivity contribution < 1.29 is 0 Å². The summed E-state index contributed by atoms with van der Waals surface area (Å²) in [5.74, 6) is 0.558. The molecule has 2 aliphatic rings. The summed E-state index contributed by atoms with van der Waals surface area (Å²) in [6.45, 7) is 3.70. The summed E-state index contributed by atoms with van der Waals surface area (Å²) < 4.78 is 0.979. The molecule has 0 bridgehead atoms. The Bertz CT molecular complexity index is 845. The highest BCUT2D eigenvalue weighted by molar-refractivity contribution is 9.10. The first-order valence-electron chi connectivity index (χ1n) is 5.16. The average molecular weight is 322 g/mol. The van der Waals surface area contributed by atoms with Gasteiger partial charge in [-0.05, 0) is 33.5 Å². The van der Waals surface area contributed by atoms with E-state index >= 15 is 0 Å². The maximum atomic E-state index is 11.9. The smallest absolute Gasteiger partial charge is 0.257 e. The van der Waals surface area contributed by atoms with E-state index in [1.807, 2.05) is 17.5 Å². The van der Waals surface area contributed by atoms with Gasteiger partial charge in [0.05, 0.1) is 5.22 Å². The van der Waals surface area contributed by atoms with Crippen molar-refractivity contribution >= 4 is 39.9 Å². The maximum absolute atomic E-state index is 11.9. The van der Waals surface area contributed by atoms with Crippen LogP contribution in [-0.2, 0) is 0 Å². The van der Waals surface area contributed by atoms with Gasteiger partial charge in [0.1, 0.15) is 11.3 Å². The zero-order valence-electron chi connectivity index (χ0n) is 9.16. The van der Waals surface area contributed by atoms with Crippen LogP contribution in [0.15, 0.2) is 26.9 Å². The molecule has 3 rings (SSSR count).